The Labute approximate surface area is 135 Å². The van der Waals surface area contributed by atoms with Gasteiger partial charge in [-0.25, -0.2) is 4.39 Å². The molecule has 0 aromatic carbocycles. The third kappa shape index (κ3) is 5.25. The monoisotopic (exact) mass is 316 g/mol. The van der Waals surface area contributed by atoms with E-state index in [9.17, 15) is 9.18 Å². The molecule has 2 rings (SSSR count). The molecule has 0 atom stereocenters. The molecular formula is C17H21FN4O. The largest absolute Gasteiger partial charge is 0.377 e. The summed E-state index contributed by atoms with van der Waals surface area (Å²) in [5.41, 5.74) is 2.67. The molecule has 0 spiro atoms. The fourth-order valence-corrected chi connectivity index (χ4v) is 2.07. The lowest BCUT2D eigenvalue weighted by Gasteiger charge is -2.16. The van der Waals surface area contributed by atoms with Crippen molar-refractivity contribution in [2.45, 2.75) is 20.3 Å². The predicted octanol–water partition coefficient (Wildman–Crippen LogP) is 3.40. The minimum atomic E-state index is -0.291. The highest BCUT2D eigenvalue weighted by Gasteiger charge is 2.10. The Balaban J connectivity index is 1.94. The van der Waals surface area contributed by atoms with Crippen LogP contribution in [0.1, 0.15) is 26.0 Å². The smallest absolute Gasteiger partial charge is 0.229 e. The van der Waals surface area contributed by atoms with Crippen molar-refractivity contribution in [3.8, 4) is 0 Å². The summed E-state index contributed by atoms with van der Waals surface area (Å²) in [5, 5.41) is 9.74. The average molecular weight is 316 g/mol. The number of hydrogen-bond acceptors (Lipinski definition) is 3. The summed E-state index contributed by atoms with van der Waals surface area (Å²) < 4.78 is 12.6. The molecule has 0 radical (unpaired) electrons. The Morgan fingerprint density at radius 3 is 2.91 bits per heavy atom. The first kappa shape index (κ1) is 16.7. The van der Waals surface area contributed by atoms with Gasteiger partial charge in [0.25, 0.3) is 0 Å². The number of anilines is 1. The molecule has 2 N–H and O–H groups in total. The summed E-state index contributed by atoms with van der Waals surface area (Å²) in [6.45, 7) is 3.97. The van der Waals surface area contributed by atoms with Crippen LogP contribution >= 0.6 is 0 Å². The van der Waals surface area contributed by atoms with Crippen LogP contribution in [0.4, 0.5) is 10.2 Å². The molecular weight excluding hydrogens is 295 g/mol. The van der Waals surface area contributed by atoms with Crippen molar-refractivity contribution in [3.63, 3.8) is 0 Å². The van der Waals surface area contributed by atoms with Crippen LogP contribution in [0.2, 0.25) is 0 Å². The van der Waals surface area contributed by atoms with Crippen LogP contribution in [0.5, 0.6) is 0 Å². The van der Waals surface area contributed by atoms with Gasteiger partial charge in [0.15, 0.2) is 5.82 Å². The molecule has 0 bridgehead atoms. The minimum absolute atomic E-state index is 0.186. The van der Waals surface area contributed by atoms with E-state index in [1.54, 1.807) is 19.1 Å². The number of carbonyl (C=O) groups is 1. The van der Waals surface area contributed by atoms with E-state index in [0.29, 0.717) is 5.82 Å². The molecule has 1 aromatic rings. The van der Waals surface area contributed by atoms with E-state index in [2.05, 4.69) is 26.5 Å². The third-order valence-corrected chi connectivity index (χ3v) is 3.30. The van der Waals surface area contributed by atoms with E-state index in [1.165, 1.54) is 13.0 Å². The summed E-state index contributed by atoms with van der Waals surface area (Å²) in [4.78, 5) is 14.0. The summed E-state index contributed by atoms with van der Waals surface area (Å²) in [5.74, 6) is -0.000916. The quantitative estimate of drug-likeness (QED) is 0.819. The lowest BCUT2D eigenvalue weighted by Crippen LogP contribution is -2.13. The molecule has 1 aliphatic heterocycles. The molecule has 23 heavy (non-hydrogen) atoms. The molecule has 1 amide bonds. The van der Waals surface area contributed by atoms with Gasteiger partial charge in [0, 0.05) is 26.1 Å². The van der Waals surface area contributed by atoms with E-state index in [0.717, 1.165) is 23.4 Å². The van der Waals surface area contributed by atoms with Gasteiger partial charge in [0.2, 0.25) is 5.91 Å². The van der Waals surface area contributed by atoms with Gasteiger partial charge in [-0.05, 0) is 37.8 Å². The number of nitrogens with zero attached hydrogens (tertiary/aromatic N) is 2. The maximum absolute atomic E-state index is 12.6. The maximum atomic E-state index is 12.6. The standard InChI is InChI=1S/C17H21FN4O/c1-12(4-5-13(2)18)10-17(23)19-16-11-15(20-21-16)14-6-8-22(3)9-7-14/h4-8,11H,9-10H2,1-3H3,(H2,19,20,21,23)/b12-4+,13-5+. The summed E-state index contributed by atoms with van der Waals surface area (Å²) >= 11 is 0. The summed E-state index contributed by atoms with van der Waals surface area (Å²) in [7, 11) is 2.00. The van der Waals surface area contributed by atoms with Gasteiger partial charge in [0.1, 0.15) is 0 Å². The first-order chi connectivity index (χ1) is 10.9. The molecule has 0 unspecified atom stereocenters. The molecule has 1 aromatic heterocycles. The zero-order valence-electron chi connectivity index (χ0n) is 13.6. The summed E-state index contributed by atoms with van der Waals surface area (Å²) in [6.07, 6.45) is 9.19. The Kier molecular flexibility index (Phi) is 5.51. The Hall–Kier alpha value is -2.63. The normalized spacial score (nSPS) is 15.7. The number of nitrogens with one attached hydrogen (secondary N) is 2. The zero-order chi connectivity index (χ0) is 16.8. The van der Waals surface area contributed by atoms with Crippen LogP contribution in [0, 0.1) is 0 Å². The molecule has 1 aliphatic rings. The van der Waals surface area contributed by atoms with E-state index in [4.69, 9.17) is 0 Å². The second-order valence-corrected chi connectivity index (χ2v) is 5.57. The zero-order valence-corrected chi connectivity index (χ0v) is 13.6. The van der Waals surface area contributed by atoms with Gasteiger partial charge in [-0.15, -0.1) is 0 Å². The second-order valence-electron chi connectivity index (χ2n) is 5.57. The number of likely N-dealkylation sites (N-methyl/N-ethyl adjacent to an activating group) is 1. The SMILES string of the molecule is C/C(F)=C\C=C(/C)CC(=O)Nc1cc(C2=CCN(C)C=C2)[nH]n1. The maximum Gasteiger partial charge on any atom is 0.229 e. The number of H-pyrrole nitrogens is 1. The van der Waals surface area contributed by atoms with E-state index >= 15 is 0 Å². The van der Waals surface area contributed by atoms with Crippen molar-refractivity contribution in [3.05, 3.63) is 53.7 Å². The number of allylic oxidation sites excluding steroid dienone is 5. The van der Waals surface area contributed by atoms with Crippen LogP contribution < -0.4 is 5.32 Å². The van der Waals surface area contributed by atoms with Gasteiger partial charge >= 0.3 is 0 Å². The number of rotatable bonds is 5. The number of hydrogen-bond donors (Lipinski definition) is 2. The lowest BCUT2D eigenvalue weighted by atomic mass is 10.1. The van der Waals surface area contributed by atoms with Crippen molar-refractivity contribution >= 4 is 17.3 Å². The van der Waals surface area contributed by atoms with E-state index in [-0.39, 0.29) is 18.2 Å². The van der Waals surface area contributed by atoms with Crippen molar-refractivity contribution in [1.82, 2.24) is 15.1 Å². The summed E-state index contributed by atoms with van der Waals surface area (Å²) in [6, 6.07) is 1.80. The first-order valence-corrected chi connectivity index (χ1v) is 7.38. The molecule has 2 heterocycles. The fourth-order valence-electron chi connectivity index (χ4n) is 2.07. The predicted molar refractivity (Wildman–Crippen MR) is 90.2 cm³/mol. The average Bonchev–Trinajstić information content (AvgIpc) is 2.94. The van der Waals surface area contributed by atoms with Crippen LogP contribution in [0.25, 0.3) is 5.57 Å². The highest BCUT2D eigenvalue weighted by Crippen LogP contribution is 2.19. The highest BCUT2D eigenvalue weighted by molar-refractivity contribution is 5.91. The first-order valence-electron chi connectivity index (χ1n) is 7.38. The van der Waals surface area contributed by atoms with Crippen molar-refractivity contribution in [2.75, 3.05) is 18.9 Å². The molecule has 122 valence electrons. The third-order valence-electron chi connectivity index (χ3n) is 3.30. The second kappa shape index (κ2) is 7.58. The minimum Gasteiger partial charge on any atom is -0.377 e. The van der Waals surface area contributed by atoms with E-state index < -0.39 is 0 Å². The topological polar surface area (TPSA) is 61.0 Å². The van der Waals surface area contributed by atoms with Gasteiger partial charge in [-0.3, -0.25) is 9.89 Å². The van der Waals surface area contributed by atoms with Crippen LogP contribution in [0.15, 0.2) is 48.0 Å². The van der Waals surface area contributed by atoms with Crippen molar-refractivity contribution < 1.29 is 9.18 Å². The number of carbonyl (C=O) groups excluding carboxylic acids is 1. The van der Waals surface area contributed by atoms with E-state index in [1.807, 2.05) is 19.3 Å². The number of amides is 1. The number of halogens is 1. The van der Waals surface area contributed by atoms with Crippen LogP contribution in [-0.2, 0) is 4.79 Å². The van der Waals surface area contributed by atoms with Crippen LogP contribution in [0.3, 0.4) is 0 Å². The van der Waals surface area contributed by atoms with Gasteiger partial charge in [-0.2, -0.15) is 5.10 Å². The molecule has 0 aliphatic carbocycles. The molecule has 0 saturated carbocycles. The molecule has 6 heteroatoms. The number of aromatic nitrogens is 2. The Bertz CT molecular complexity index is 693. The fraction of sp³-hybridized carbons (Fsp3) is 0.294. The Morgan fingerprint density at radius 2 is 2.26 bits per heavy atom. The van der Waals surface area contributed by atoms with Crippen molar-refractivity contribution in [2.24, 2.45) is 0 Å². The molecule has 0 fully saturated rings. The van der Waals surface area contributed by atoms with Crippen molar-refractivity contribution in [1.29, 1.82) is 0 Å². The van der Waals surface area contributed by atoms with Gasteiger partial charge < -0.3 is 10.2 Å². The Morgan fingerprint density at radius 1 is 1.48 bits per heavy atom. The molecule has 0 saturated heterocycles. The van der Waals surface area contributed by atoms with Gasteiger partial charge in [0.05, 0.1) is 11.5 Å². The van der Waals surface area contributed by atoms with Crippen LogP contribution in [-0.4, -0.2) is 34.6 Å². The lowest BCUT2D eigenvalue weighted by molar-refractivity contribution is -0.115. The highest BCUT2D eigenvalue weighted by atomic mass is 19.1. The number of aromatic amines is 1. The molecule has 5 nitrogen and oxygen atoms in total. The van der Waals surface area contributed by atoms with Gasteiger partial charge in [-0.1, -0.05) is 17.7 Å².